The quantitative estimate of drug-likeness (QED) is 0.683. The molecule has 0 aromatic rings. The third-order valence-corrected chi connectivity index (χ3v) is 5.87. The smallest absolute Gasteiger partial charge is 0.0708 e. The number of nitrogens with zero attached hydrogens (tertiary/aromatic N) is 2. The minimum atomic E-state index is -0.280. The molecule has 0 saturated carbocycles. The van der Waals surface area contributed by atoms with Crippen molar-refractivity contribution in [1.82, 2.24) is 10.1 Å². The summed E-state index contributed by atoms with van der Waals surface area (Å²) in [7, 11) is 0. The molecule has 0 bridgehead atoms. The van der Waals surface area contributed by atoms with Crippen molar-refractivity contribution < 1.29 is 19.9 Å². The lowest BCUT2D eigenvalue weighted by molar-refractivity contribution is -0.307. The predicted molar refractivity (Wildman–Crippen MR) is 107 cm³/mol. The van der Waals surface area contributed by atoms with Crippen LogP contribution in [0, 0.1) is 0 Å². The van der Waals surface area contributed by atoms with E-state index in [0.717, 1.165) is 6.42 Å². The van der Waals surface area contributed by atoms with Gasteiger partial charge in [-0.2, -0.15) is 10.1 Å². The van der Waals surface area contributed by atoms with Crippen LogP contribution in [0.2, 0.25) is 0 Å². The lowest BCUT2D eigenvalue weighted by Gasteiger charge is -2.53. The van der Waals surface area contributed by atoms with Crippen molar-refractivity contribution >= 4 is 0 Å². The lowest BCUT2D eigenvalue weighted by atomic mass is 9.80. The van der Waals surface area contributed by atoms with Gasteiger partial charge in [0.25, 0.3) is 0 Å². The molecule has 2 aliphatic heterocycles. The van der Waals surface area contributed by atoms with E-state index in [2.05, 4.69) is 65.5 Å². The average molecular weight is 387 g/mol. The fraction of sp³-hybridized carbons (Fsp3) is 1.00. The van der Waals surface area contributed by atoms with E-state index in [1.54, 1.807) is 0 Å². The number of piperidine rings is 2. The highest BCUT2D eigenvalue weighted by atomic mass is 16.7. The first-order chi connectivity index (χ1) is 12.2. The van der Waals surface area contributed by atoms with Crippen LogP contribution in [0.25, 0.3) is 0 Å². The van der Waals surface area contributed by atoms with E-state index in [1.165, 1.54) is 0 Å². The molecule has 0 amide bonds. The molecule has 160 valence electrons. The van der Waals surface area contributed by atoms with Crippen LogP contribution >= 0.6 is 0 Å². The molecule has 2 N–H and O–H groups in total. The van der Waals surface area contributed by atoms with Crippen molar-refractivity contribution in [2.75, 3.05) is 13.2 Å². The molecule has 2 aliphatic rings. The number of hydroxylamine groups is 4. The molecule has 0 spiro atoms. The Labute approximate surface area is 165 Å². The second-order valence-corrected chi connectivity index (χ2v) is 11.0. The van der Waals surface area contributed by atoms with Gasteiger partial charge in [-0.3, -0.25) is 9.68 Å². The van der Waals surface area contributed by atoms with Crippen molar-refractivity contribution in [3.63, 3.8) is 0 Å². The summed E-state index contributed by atoms with van der Waals surface area (Å²) in [5, 5.41) is 24.4. The number of rotatable bonds is 6. The summed E-state index contributed by atoms with van der Waals surface area (Å²) >= 11 is 0. The Hall–Kier alpha value is -0.240. The normalized spacial score (nSPS) is 29.1. The van der Waals surface area contributed by atoms with E-state index in [-0.39, 0.29) is 34.4 Å². The molecule has 2 heterocycles. The fourth-order valence-electron chi connectivity index (χ4n) is 5.49. The second-order valence-electron chi connectivity index (χ2n) is 11.0. The second kappa shape index (κ2) is 7.88. The third-order valence-electron chi connectivity index (χ3n) is 5.87. The standard InChI is InChI=1S/C21H42N2O4/c1-18(2)12-16(24)13-19(3,4)22(18)26-10-9-11-27-23-20(5,6)14-17(25)15-21(23,7)8/h16-17,24-25H,9-15H2,1-8H3. The van der Waals surface area contributed by atoms with Crippen LogP contribution in [0.15, 0.2) is 0 Å². The van der Waals surface area contributed by atoms with E-state index >= 15 is 0 Å². The third kappa shape index (κ3) is 5.43. The maximum atomic E-state index is 10.1. The zero-order valence-electron chi connectivity index (χ0n) is 18.7. The van der Waals surface area contributed by atoms with Gasteiger partial charge in [-0.25, -0.2) is 0 Å². The average Bonchev–Trinajstić information content (AvgIpc) is 2.39. The minimum absolute atomic E-state index is 0.199. The molecule has 2 fully saturated rings. The summed E-state index contributed by atoms with van der Waals surface area (Å²) in [4.78, 5) is 12.3. The van der Waals surface area contributed by atoms with Gasteiger partial charge in [0.2, 0.25) is 0 Å². The summed E-state index contributed by atoms with van der Waals surface area (Å²) in [5.41, 5.74) is -0.798. The molecule has 0 aliphatic carbocycles. The molecular weight excluding hydrogens is 344 g/mol. The predicted octanol–water partition coefficient (Wildman–Crippen LogP) is 3.27. The molecule has 2 saturated heterocycles. The van der Waals surface area contributed by atoms with Gasteiger partial charge in [-0.05, 0) is 87.5 Å². The summed E-state index contributed by atoms with van der Waals surface area (Å²) < 4.78 is 0. The highest BCUT2D eigenvalue weighted by molar-refractivity contribution is 4.97. The molecule has 0 unspecified atom stereocenters. The van der Waals surface area contributed by atoms with Gasteiger partial charge in [0.15, 0.2) is 0 Å². The zero-order valence-corrected chi connectivity index (χ0v) is 18.7. The Morgan fingerprint density at radius 2 is 0.889 bits per heavy atom. The summed E-state index contributed by atoms with van der Waals surface area (Å²) in [5.74, 6) is 0. The first-order valence-corrected chi connectivity index (χ1v) is 10.4. The van der Waals surface area contributed by atoms with E-state index in [0.29, 0.717) is 38.9 Å². The lowest BCUT2D eigenvalue weighted by Crippen LogP contribution is -2.62. The maximum absolute atomic E-state index is 10.1. The van der Waals surface area contributed by atoms with Crippen molar-refractivity contribution in [2.24, 2.45) is 0 Å². The van der Waals surface area contributed by atoms with Crippen LogP contribution in [0.5, 0.6) is 0 Å². The van der Waals surface area contributed by atoms with Crippen LogP contribution in [-0.2, 0) is 9.68 Å². The van der Waals surface area contributed by atoms with Crippen molar-refractivity contribution in [1.29, 1.82) is 0 Å². The van der Waals surface area contributed by atoms with Crippen LogP contribution in [0.3, 0.4) is 0 Å². The van der Waals surface area contributed by atoms with Gasteiger partial charge >= 0.3 is 0 Å². The topological polar surface area (TPSA) is 65.4 Å². The Balaban J connectivity index is 1.84. The van der Waals surface area contributed by atoms with E-state index in [1.807, 2.05) is 0 Å². The van der Waals surface area contributed by atoms with Crippen LogP contribution < -0.4 is 0 Å². The first kappa shape index (κ1) is 23.0. The maximum Gasteiger partial charge on any atom is 0.0708 e. The number of aliphatic hydroxyl groups is 2. The van der Waals surface area contributed by atoms with Crippen LogP contribution in [-0.4, -0.2) is 67.9 Å². The van der Waals surface area contributed by atoms with Crippen molar-refractivity contribution in [3.8, 4) is 0 Å². The van der Waals surface area contributed by atoms with E-state index < -0.39 is 0 Å². The number of hydrogen-bond donors (Lipinski definition) is 2. The van der Waals surface area contributed by atoms with Crippen molar-refractivity contribution in [2.45, 2.75) is 122 Å². The molecule has 6 nitrogen and oxygen atoms in total. The van der Waals surface area contributed by atoms with E-state index in [4.69, 9.17) is 9.68 Å². The molecular formula is C21H42N2O4. The first-order valence-electron chi connectivity index (χ1n) is 10.4. The minimum Gasteiger partial charge on any atom is -0.393 e. The summed E-state index contributed by atoms with van der Waals surface area (Å²) in [6.07, 6.45) is 3.08. The number of aliphatic hydroxyl groups excluding tert-OH is 2. The van der Waals surface area contributed by atoms with Gasteiger partial charge in [0.05, 0.1) is 25.4 Å². The molecule has 2 rings (SSSR count). The van der Waals surface area contributed by atoms with Crippen LogP contribution in [0.1, 0.15) is 87.5 Å². The van der Waals surface area contributed by atoms with Gasteiger partial charge in [-0.1, -0.05) is 0 Å². The van der Waals surface area contributed by atoms with Gasteiger partial charge in [-0.15, -0.1) is 0 Å². The monoisotopic (exact) mass is 386 g/mol. The highest BCUT2D eigenvalue weighted by Gasteiger charge is 2.47. The zero-order chi connectivity index (χ0) is 20.7. The van der Waals surface area contributed by atoms with Gasteiger partial charge < -0.3 is 10.2 Å². The Morgan fingerprint density at radius 1 is 0.630 bits per heavy atom. The summed E-state index contributed by atoms with van der Waals surface area (Å²) in [6, 6.07) is 0. The Bertz CT molecular complexity index is 424. The molecule has 27 heavy (non-hydrogen) atoms. The highest BCUT2D eigenvalue weighted by Crippen LogP contribution is 2.39. The molecule has 0 atom stereocenters. The summed E-state index contributed by atoms with van der Waals surface area (Å²) in [6.45, 7) is 18.1. The molecule has 0 radical (unpaired) electrons. The molecule has 0 aromatic carbocycles. The number of hydrogen-bond acceptors (Lipinski definition) is 6. The molecule has 0 aromatic heterocycles. The molecule has 6 heteroatoms. The Kier molecular flexibility index (Phi) is 6.73. The van der Waals surface area contributed by atoms with Crippen LogP contribution in [0.4, 0.5) is 0 Å². The van der Waals surface area contributed by atoms with Gasteiger partial charge in [0, 0.05) is 22.2 Å². The SMILES string of the molecule is CC1(C)CC(O)CC(C)(C)N1OCCCON1C(C)(C)CC(O)CC1(C)C. The fourth-order valence-corrected chi connectivity index (χ4v) is 5.49. The van der Waals surface area contributed by atoms with E-state index in [9.17, 15) is 10.2 Å². The largest absolute Gasteiger partial charge is 0.393 e. The Morgan fingerprint density at radius 3 is 1.15 bits per heavy atom. The van der Waals surface area contributed by atoms with Gasteiger partial charge in [0.1, 0.15) is 0 Å². The van der Waals surface area contributed by atoms with Crippen molar-refractivity contribution in [3.05, 3.63) is 0 Å².